The Morgan fingerprint density at radius 1 is 1.12 bits per heavy atom. The maximum Gasteiger partial charge on any atom is 0.176 e. The summed E-state index contributed by atoms with van der Waals surface area (Å²) in [6, 6.07) is 11.4. The van der Waals surface area contributed by atoms with Crippen molar-refractivity contribution in [2.75, 3.05) is 5.73 Å². The van der Waals surface area contributed by atoms with Crippen molar-refractivity contribution in [1.82, 2.24) is 4.98 Å². The molecule has 0 bridgehead atoms. The number of nitrogen functional groups attached to an aromatic ring is 1. The number of aromatic amines is 1. The second-order valence-electron chi connectivity index (χ2n) is 9.85. The van der Waals surface area contributed by atoms with Crippen LogP contribution in [0.25, 0.3) is 16.7 Å². The Kier molecular flexibility index (Phi) is 9.57. The van der Waals surface area contributed by atoms with Crippen LogP contribution < -0.4 is 5.73 Å². The van der Waals surface area contributed by atoms with Gasteiger partial charge in [0.1, 0.15) is 0 Å². The molecular formula is C36H37FN2S. The minimum absolute atomic E-state index is 0.219. The molecule has 1 aromatic carbocycles. The maximum absolute atomic E-state index is 13.8. The molecule has 1 aliphatic rings. The predicted octanol–water partition coefficient (Wildman–Crippen LogP) is 10.4. The van der Waals surface area contributed by atoms with E-state index in [0.29, 0.717) is 5.69 Å². The monoisotopic (exact) mass is 548 g/mol. The van der Waals surface area contributed by atoms with Gasteiger partial charge >= 0.3 is 0 Å². The van der Waals surface area contributed by atoms with E-state index in [2.05, 4.69) is 67.2 Å². The van der Waals surface area contributed by atoms with E-state index in [1.165, 1.54) is 17.2 Å². The largest absolute Gasteiger partial charge is 0.398 e. The van der Waals surface area contributed by atoms with Crippen LogP contribution in [0.2, 0.25) is 0 Å². The normalized spacial score (nSPS) is 14.3. The van der Waals surface area contributed by atoms with Gasteiger partial charge in [0, 0.05) is 44.2 Å². The fourth-order valence-electron chi connectivity index (χ4n) is 4.93. The number of hydrogen-bond donors (Lipinski definition) is 2. The van der Waals surface area contributed by atoms with E-state index in [1.54, 1.807) is 12.1 Å². The van der Waals surface area contributed by atoms with Crippen molar-refractivity contribution in [2.45, 2.75) is 39.5 Å². The van der Waals surface area contributed by atoms with Gasteiger partial charge in [-0.2, -0.15) is 4.39 Å². The zero-order valence-corrected chi connectivity index (χ0v) is 24.2. The van der Waals surface area contributed by atoms with Crippen LogP contribution >= 0.6 is 11.3 Å². The fourth-order valence-corrected chi connectivity index (χ4v) is 5.70. The van der Waals surface area contributed by atoms with Crippen LogP contribution in [0.1, 0.15) is 65.6 Å². The van der Waals surface area contributed by atoms with Gasteiger partial charge in [0.2, 0.25) is 0 Å². The van der Waals surface area contributed by atoms with Crippen LogP contribution in [0, 0.1) is 12.1 Å². The Balaban J connectivity index is 1.62. The molecule has 3 aromatic rings. The SMILES string of the molecule is C=C/C=C(/c1ccc(F)s1)c1cc(C(=C)c2cc(C(/C=C(\C=C)CCC3=CCCC=C3)=C/C)ccc2N)[nH]c1C. The Morgan fingerprint density at radius 2 is 1.95 bits per heavy atom. The highest BCUT2D eigenvalue weighted by molar-refractivity contribution is 7.11. The van der Waals surface area contributed by atoms with Crippen LogP contribution in [-0.2, 0) is 0 Å². The Bertz CT molecular complexity index is 1580. The lowest BCUT2D eigenvalue weighted by Gasteiger charge is -2.13. The molecule has 40 heavy (non-hydrogen) atoms. The first kappa shape index (κ1) is 28.8. The lowest BCUT2D eigenvalue weighted by Crippen LogP contribution is -1.97. The molecule has 0 fully saturated rings. The zero-order valence-electron chi connectivity index (χ0n) is 23.4. The minimum atomic E-state index is -0.219. The fraction of sp³-hybridized carbons (Fsp3) is 0.167. The van der Waals surface area contributed by atoms with Gasteiger partial charge in [-0.05, 0) is 86.6 Å². The van der Waals surface area contributed by atoms with Gasteiger partial charge in [-0.1, -0.05) is 80.0 Å². The molecule has 0 amide bonds. The molecule has 4 rings (SSSR count). The van der Waals surface area contributed by atoms with Crippen molar-refractivity contribution in [1.29, 1.82) is 0 Å². The highest BCUT2D eigenvalue weighted by atomic mass is 32.1. The molecule has 0 saturated carbocycles. The van der Waals surface area contributed by atoms with Crippen molar-refractivity contribution in [2.24, 2.45) is 0 Å². The smallest absolute Gasteiger partial charge is 0.176 e. The third kappa shape index (κ3) is 6.70. The highest BCUT2D eigenvalue weighted by Gasteiger charge is 2.17. The summed E-state index contributed by atoms with van der Waals surface area (Å²) >= 11 is 1.12. The van der Waals surface area contributed by atoms with Crippen LogP contribution in [0.15, 0.2) is 116 Å². The molecule has 4 heteroatoms. The number of nitrogens with two attached hydrogens (primary N) is 1. The van der Waals surface area contributed by atoms with Gasteiger partial charge < -0.3 is 10.7 Å². The molecule has 1 aliphatic carbocycles. The standard InChI is InChI=1S/C36H37FN2S/c1-6-12-30(35-19-20-36(37)40-35)32-23-34(39-25(32)5)24(4)31-22-29(17-18-33(31)38)28(8-3)21-26(7-2)15-16-27-13-10-9-11-14-27/h6-8,10,12-14,17-23,39H,1-2,4,9,11,15-16,38H2,3,5H3/b26-21+,28-8+,30-12+. The summed E-state index contributed by atoms with van der Waals surface area (Å²) in [5, 5.41) is -0.219. The van der Waals surface area contributed by atoms with E-state index in [1.807, 2.05) is 38.1 Å². The van der Waals surface area contributed by atoms with E-state index in [0.717, 1.165) is 86.7 Å². The number of aromatic nitrogens is 1. The number of halogens is 1. The van der Waals surface area contributed by atoms with Crippen LogP contribution in [0.3, 0.4) is 0 Å². The van der Waals surface area contributed by atoms with Crippen LogP contribution in [-0.4, -0.2) is 4.98 Å². The average Bonchev–Trinajstić information content (AvgIpc) is 3.58. The lowest BCUT2D eigenvalue weighted by atomic mass is 9.94. The Hall–Kier alpha value is -4.15. The van der Waals surface area contributed by atoms with Crippen LogP contribution in [0.4, 0.5) is 10.1 Å². The zero-order chi connectivity index (χ0) is 28.6. The topological polar surface area (TPSA) is 41.8 Å². The molecule has 2 heterocycles. The lowest BCUT2D eigenvalue weighted by molar-refractivity contribution is 0.657. The molecule has 0 unspecified atom stereocenters. The van der Waals surface area contributed by atoms with Crippen molar-refractivity contribution in [3.05, 3.63) is 154 Å². The van der Waals surface area contributed by atoms with E-state index in [9.17, 15) is 4.39 Å². The van der Waals surface area contributed by atoms with Crippen molar-refractivity contribution in [3.8, 4) is 0 Å². The number of aryl methyl sites for hydroxylation is 1. The van der Waals surface area contributed by atoms with Crippen LogP contribution in [0.5, 0.6) is 0 Å². The van der Waals surface area contributed by atoms with Gasteiger partial charge in [0.15, 0.2) is 5.13 Å². The molecule has 0 spiro atoms. The summed E-state index contributed by atoms with van der Waals surface area (Å²) in [4.78, 5) is 4.31. The molecular weight excluding hydrogens is 511 g/mol. The quantitative estimate of drug-likeness (QED) is 0.182. The number of allylic oxidation sites excluding steroid dienone is 11. The third-order valence-electron chi connectivity index (χ3n) is 7.15. The molecule has 2 aromatic heterocycles. The summed E-state index contributed by atoms with van der Waals surface area (Å²) < 4.78 is 13.8. The minimum Gasteiger partial charge on any atom is -0.398 e. The molecule has 0 aliphatic heterocycles. The number of rotatable bonds is 11. The van der Waals surface area contributed by atoms with E-state index in [-0.39, 0.29) is 5.13 Å². The number of hydrogen-bond acceptors (Lipinski definition) is 2. The van der Waals surface area contributed by atoms with Gasteiger partial charge in [-0.25, -0.2) is 0 Å². The highest BCUT2D eigenvalue weighted by Crippen LogP contribution is 2.36. The number of H-pyrrole nitrogens is 1. The van der Waals surface area contributed by atoms with Gasteiger partial charge in [-0.15, -0.1) is 11.3 Å². The summed E-state index contributed by atoms with van der Waals surface area (Å²) in [5.41, 5.74) is 17.3. The van der Waals surface area contributed by atoms with Crippen molar-refractivity contribution >= 4 is 33.7 Å². The summed E-state index contributed by atoms with van der Waals surface area (Å²) in [5.74, 6) is 0. The second kappa shape index (κ2) is 13.3. The molecule has 0 saturated heterocycles. The average molecular weight is 549 g/mol. The van der Waals surface area contributed by atoms with Crippen molar-refractivity contribution < 1.29 is 4.39 Å². The Labute approximate surface area is 241 Å². The number of nitrogens with one attached hydrogen (secondary N) is 1. The number of anilines is 1. The number of benzene rings is 1. The van der Waals surface area contributed by atoms with Gasteiger partial charge in [0.25, 0.3) is 0 Å². The molecule has 2 nitrogen and oxygen atoms in total. The van der Waals surface area contributed by atoms with Gasteiger partial charge in [0.05, 0.1) is 0 Å². The first-order chi connectivity index (χ1) is 19.3. The first-order valence-electron chi connectivity index (χ1n) is 13.6. The summed E-state index contributed by atoms with van der Waals surface area (Å²) in [6.07, 6.45) is 20.9. The molecule has 0 atom stereocenters. The Morgan fingerprint density at radius 3 is 2.60 bits per heavy atom. The maximum atomic E-state index is 13.8. The molecule has 3 N–H and O–H groups in total. The van der Waals surface area contributed by atoms with E-state index in [4.69, 9.17) is 5.73 Å². The summed E-state index contributed by atoms with van der Waals surface area (Å²) in [6.45, 7) is 16.4. The number of thiophene rings is 1. The predicted molar refractivity (Wildman–Crippen MR) is 174 cm³/mol. The van der Waals surface area contributed by atoms with E-state index >= 15 is 0 Å². The molecule has 0 radical (unpaired) electrons. The van der Waals surface area contributed by atoms with Crippen molar-refractivity contribution in [3.63, 3.8) is 0 Å². The second-order valence-corrected chi connectivity index (χ2v) is 10.9. The summed E-state index contributed by atoms with van der Waals surface area (Å²) in [7, 11) is 0. The van der Waals surface area contributed by atoms with Gasteiger partial charge in [-0.3, -0.25) is 0 Å². The molecule has 204 valence electrons. The third-order valence-corrected chi connectivity index (χ3v) is 8.06. The first-order valence-corrected chi connectivity index (χ1v) is 14.4. The van der Waals surface area contributed by atoms with E-state index < -0.39 is 0 Å².